The van der Waals surface area contributed by atoms with E-state index in [9.17, 15) is 9.59 Å². The lowest BCUT2D eigenvalue weighted by atomic mass is 10.2. The fourth-order valence-electron chi connectivity index (χ4n) is 2.08. The minimum Gasteiger partial charge on any atom is -0.350 e. The van der Waals surface area contributed by atoms with Gasteiger partial charge >= 0.3 is 0 Å². The normalized spacial score (nSPS) is 21.5. The van der Waals surface area contributed by atoms with Gasteiger partial charge in [-0.25, -0.2) is 0 Å². The first-order valence-corrected chi connectivity index (χ1v) is 7.37. The van der Waals surface area contributed by atoms with E-state index in [1.165, 1.54) is 0 Å². The molecule has 3 N–H and O–H groups in total. The van der Waals surface area contributed by atoms with E-state index < -0.39 is 0 Å². The van der Waals surface area contributed by atoms with Crippen LogP contribution in [0.15, 0.2) is 24.3 Å². The summed E-state index contributed by atoms with van der Waals surface area (Å²) in [5, 5.41) is 8.79. The van der Waals surface area contributed by atoms with Gasteiger partial charge in [-0.3, -0.25) is 9.59 Å². The summed E-state index contributed by atoms with van der Waals surface area (Å²) in [5.74, 6) is 0.605. The summed E-state index contributed by atoms with van der Waals surface area (Å²) in [6.07, 6.45) is 0.968. The molecule has 1 aliphatic rings. The monoisotopic (exact) mass is 289 g/mol. The summed E-state index contributed by atoms with van der Waals surface area (Å²) >= 11 is 0. The van der Waals surface area contributed by atoms with Gasteiger partial charge in [0.2, 0.25) is 5.91 Å². The lowest BCUT2D eigenvalue weighted by molar-refractivity contribution is -0.117. The molecule has 1 saturated carbocycles. The van der Waals surface area contributed by atoms with Crippen molar-refractivity contribution in [3.8, 4) is 0 Å². The molecule has 0 bridgehead atoms. The Morgan fingerprint density at radius 3 is 2.43 bits per heavy atom. The number of carbonyl (C=O) groups excluding carboxylic acids is 2. The van der Waals surface area contributed by atoms with Gasteiger partial charge in [-0.1, -0.05) is 6.92 Å². The Balaban J connectivity index is 1.86. The second kappa shape index (κ2) is 6.72. The molecule has 2 amide bonds. The van der Waals surface area contributed by atoms with Crippen molar-refractivity contribution in [3.05, 3.63) is 29.8 Å². The molecule has 0 aromatic heterocycles. The summed E-state index contributed by atoms with van der Waals surface area (Å²) in [6.45, 7) is 4.65. The van der Waals surface area contributed by atoms with E-state index in [0.29, 0.717) is 18.0 Å². The molecule has 1 aromatic rings. The fraction of sp³-hybridized carbons (Fsp3) is 0.500. The van der Waals surface area contributed by atoms with Crippen LogP contribution in [-0.2, 0) is 4.79 Å². The predicted octanol–water partition coefficient (Wildman–Crippen LogP) is 1.62. The lowest BCUT2D eigenvalue weighted by Gasteiger charge is -2.11. The fourth-order valence-corrected chi connectivity index (χ4v) is 2.08. The average Bonchev–Trinajstić information content (AvgIpc) is 3.22. The van der Waals surface area contributed by atoms with Crippen LogP contribution >= 0.6 is 0 Å². The van der Waals surface area contributed by atoms with E-state index in [0.717, 1.165) is 12.1 Å². The largest absolute Gasteiger partial charge is 0.350 e. The van der Waals surface area contributed by atoms with Gasteiger partial charge in [-0.15, -0.1) is 0 Å². The van der Waals surface area contributed by atoms with Crippen LogP contribution in [0.2, 0.25) is 0 Å². The first-order valence-electron chi connectivity index (χ1n) is 7.37. The minimum absolute atomic E-state index is 0.0718. The predicted molar refractivity (Wildman–Crippen MR) is 83.2 cm³/mol. The summed E-state index contributed by atoms with van der Waals surface area (Å²) in [6, 6.07) is 7.22. The molecule has 21 heavy (non-hydrogen) atoms. The molecule has 0 aliphatic heterocycles. The van der Waals surface area contributed by atoms with Crippen LogP contribution in [-0.4, -0.2) is 31.4 Å². The number of hydrogen-bond acceptors (Lipinski definition) is 3. The van der Waals surface area contributed by atoms with Gasteiger partial charge in [0.15, 0.2) is 0 Å². The van der Waals surface area contributed by atoms with Crippen LogP contribution in [0.3, 0.4) is 0 Å². The van der Waals surface area contributed by atoms with Crippen LogP contribution in [0, 0.1) is 11.8 Å². The molecule has 1 aliphatic carbocycles. The third-order valence-electron chi connectivity index (χ3n) is 3.92. The summed E-state index contributed by atoms with van der Waals surface area (Å²) in [5.41, 5.74) is 1.33. The van der Waals surface area contributed by atoms with Crippen molar-refractivity contribution in [1.29, 1.82) is 0 Å². The quantitative estimate of drug-likeness (QED) is 0.745. The van der Waals surface area contributed by atoms with E-state index in [1.807, 2.05) is 14.0 Å². The Labute approximate surface area is 125 Å². The van der Waals surface area contributed by atoms with Gasteiger partial charge < -0.3 is 16.0 Å². The van der Waals surface area contributed by atoms with Crippen LogP contribution in [0.4, 0.5) is 5.69 Å². The van der Waals surface area contributed by atoms with E-state index in [4.69, 9.17) is 0 Å². The molecular formula is C16H23N3O2. The highest BCUT2D eigenvalue weighted by atomic mass is 16.2. The number of benzene rings is 1. The highest BCUT2D eigenvalue weighted by molar-refractivity contribution is 5.96. The number of nitrogens with one attached hydrogen (secondary N) is 3. The minimum atomic E-state index is -0.106. The van der Waals surface area contributed by atoms with Crippen molar-refractivity contribution in [2.45, 2.75) is 26.3 Å². The van der Waals surface area contributed by atoms with Gasteiger partial charge in [-0.2, -0.15) is 0 Å². The van der Waals surface area contributed by atoms with E-state index in [-0.39, 0.29) is 23.8 Å². The van der Waals surface area contributed by atoms with Crippen LogP contribution in [0.1, 0.15) is 30.6 Å². The Morgan fingerprint density at radius 1 is 1.29 bits per heavy atom. The summed E-state index contributed by atoms with van der Waals surface area (Å²) < 4.78 is 0. The van der Waals surface area contributed by atoms with Crippen molar-refractivity contribution in [1.82, 2.24) is 10.6 Å². The van der Waals surface area contributed by atoms with E-state index >= 15 is 0 Å². The van der Waals surface area contributed by atoms with Crippen molar-refractivity contribution in [2.24, 2.45) is 11.8 Å². The van der Waals surface area contributed by atoms with E-state index in [1.54, 1.807) is 24.3 Å². The van der Waals surface area contributed by atoms with Gasteiger partial charge in [0.05, 0.1) is 0 Å². The third-order valence-corrected chi connectivity index (χ3v) is 3.92. The summed E-state index contributed by atoms with van der Waals surface area (Å²) in [4.78, 5) is 23.8. The molecule has 5 heteroatoms. The Kier molecular flexibility index (Phi) is 4.96. The molecule has 114 valence electrons. The smallest absolute Gasteiger partial charge is 0.251 e. The Bertz CT molecular complexity index is 513. The zero-order valence-electron chi connectivity index (χ0n) is 12.8. The maximum absolute atomic E-state index is 11.9. The van der Waals surface area contributed by atoms with Crippen molar-refractivity contribution in [3.63, 3.8) is 0 Å². The zero-order chi connectivity index (χ0) is 15.4. The molecule has 2 rings (SSSR count). The van der Waals surface area contributed by atoms with Gasteiger partial charge in [0.1, 0.15) is 0 Å². The Hall–Kier alpha value is -1.88. The first-order chi connectivity index (χ1) is 10.0. The third kappa shape index (κ3) is 4.29. The van der Waals surface area contributed by atoms with Gasteiger partial charge in [0.25, 0.3) is 5.91 Å². The maximum atomic E-state index is 11.9. The van der Waals surface area contributed by atoms with Crippen LogP contribution in [0.5, 0.6) is 0 Å². The number of likely N-dealkylation sites (N-methyl/N-ethyl adjacent to an activating group) is 1. The second-order valence-corrected chi connectivity index (χ2v) is 5.79. The molecule has 3 unspecified atom stereocenters. The van der Waals surface area contributed by atoms with E-state index in [2.05, 4.69) is 22.9 Å². The molecule has 1 aromatic carbocycles. The van der Waals surface area contributed by atoms with Gasteiger partial charge in [0, 0.05) is 29.8 Å². The van der Waals surface area contributed by atoms with Crippen molar-refractivity contribution < 1.29 is 9.59 Å². The second-order valence-electron chi connectivity index (χ2n) is 5.79. The first kappa shape index (κ1) is 15.5. The zero-order valence-corrected chi connectivity index (χ0v) is 12.8. The lowest BCUT2D eigenvalue weighted by Crippen LogP contribution is -2.37. The van der Waals surface area contributed by atoms with Crippen LogP contribution in [0.25, 0.3) is 0 Å². The molecule has 0 radical (unpaired) electrons. The topological polar surface area (TPSA) is 70.2 Å². The molecule has 5 nitrogen and oxygen atoms in total. The van der Waals surface area contributed by atoms with Crippen molar-refractivity contribution >= 4 is 17.5 Å². The molecule has 3 atom stereocenters. The van der Waals surface area contributed by atoms with Crippen LogP contribution < -0.4 is 16.0 Å². The number of anilines is 1. The molecular weight excluding hydrogens is 266 g/mol. The molecule has 0 saturated heterocycles. The highest BCUT2D eigenvalue weighted by Crippen LogP contribution is 2.38. The number of rotatable bonds is 6. The van der Waals surface area contributed by atoms with Crippen molar-refractivity contribution in [2.75, 3.05) is 18.9 Å². The average molecular weight is 289 g/mol. The number of amides is 2. The maximum Gasteiger partial charge on any atom is 0.251 e. The highest BCUT2D eigenvalue weighted by Gasteiger charge is 2.38. The standard InChI is InChI=1S/C16H23N3O2/c1-10-8-14(10)16(21)19-13-6-4-12(5-7-13)15(20)18-9-11(2)17-3/h4-7,10-11,14,17H,8-9H2,1-3H3,(H,18,20)(H,19,21). The number of carbonyl (C=O) groups is 2. The number of hydrogen-bond donors (Lipinski definition) is 3. The summed E-state index contributed by atoms with van der Waals surface area (Å²) in [7, 11) is 1.86. The molecule has 1 fully saturated rings. The Morgan fingerprint density at radius 2 is 1.90 bits per heavy atom. The SMILES string of the molecule is CNC(C)CNC(=O)c1ccc(NC(=O)C2CC2C)cc1. The molecule has 0 heterocycles. The van der Waals surface area contributed by atoms with Gasteiger partial charge in [-0.05, 0) is 50.6 Å². The molecule has 0 spiro atoms.